The van der Waals surface area contributed by atoms with Gasteiger partial charge in [-0.2, -0.15) is 5.26 Å². The van der Waals surface area contributed by atoms with Crippen molar-refractivity contribution < 1.29 is 0 Å². The number of nitriles is 1. The Balaban J connectivity index is 2.21. The zero-order valence-corrected chi connectivity index (χ0v) is 12.8. The molecule has 1 fully saturated rings. The Kier molecular flexibility index (Phi) is 4.77. The molecule has 2 unspecified atom stereocenters. The second-order valence-corrected chi connectivity index (χ2v) is 6.25. The van der Waals surface area contributed by atoms with E-state index in [0.29, 0.717) is 10.0 Å². The monoisotopic (exact) mass is 346 g/mol. The van der Waals surface area contributed by atoms with Crippen molar-refractivity contribution in [2.75, 3.05) is 5.32 Å². The van der Waals surface area contributed by atoms with Gasteiger partial charge in [-0.15, -0.1) is 0 Å². The van der Waals surface area contributed by atoms with Crippen molar-refractivity contribution in [2.45, 2.75) is 31.7 Å². The van der Waals surface area contributed by atoms with Crippen molar-refractivity contribution >= 4 is 44.8 Å². The van der Waals surface area contributed by atoms with Crippen LogP contribution in [0.4, 0.5) is 5.69 Å². The Morgan fingerprint density at radius 1 is 1.22 bits per heavy atom. The van der Waals surface area contributed by atoms with Crippen molar-refractivity contribution in [3.05, 3.63) is 26.7 Å². The van der Waals surface area contributed by atoms with Crippen LogP contribution < -0.4 is 5.32 Å². The van der Waals surface area contributed by atoms with Crippen LogP contribution >= 0.6 is 39.1 Å². The largest absolute Gasteiger partial charge is 0.379 e. The first-order chi connectivity index (χ1) is 8.61. The highest BCUT2D eigenvalue weighted by Crippen LogP contribution is 2.36. The number of benzene rings is 1. The third-order valence-corrected chi connectivity index (χ3v) is 4.32. The molecule has 18 heavy (non-hydrogen) atoms. The van der Waals surface area contributed by atoms with Gasteiger partial charge in [-0.1, -0.05) is 52.0 Å². The van der Waals surface area contributed by atoms with Crippen molar-refractivity contribution in [2.24, 2.45) is 5.92 Å². The van der Waals surface area contributed by atoms with Crippen molar-refractivity contribution in [1.29, 1.82) is 5.26 Å². The zero-order valence-electron chi connectivity index (χ0n) is 9.72. The molecule has 2 nitrogen and oxygen atoms in total. The molecule has 0 radical (unpaired) electrons. The molecule has 1 saturated carbocycles. The van der Waals surface area contributed by atoms with Gasteiger partial charge in [0.2, 0.25) is 0 Å². The molecule has 1 aromatic carbocycles. The molecule has 5 heteroatoms. The third kappa shape index (κ3) is 3.12. The number of rotatable bonds is 2. The van der Waals surface area contributed by atoms with Crippen LogP contribution in [0.5, 0.6) is 0 Å². The highest BCUT2D eigenvalue weighted by atomic mass is 79.9. The summed E-state index contributed by atoms with van der Waals surface area (Å²) in [5.41, 5.74) is 0.730. The Hall–Kier alpha value is -0.430. The van der Waals surface area contributed by atoms with E-state index >= 15 is 0 Å². The summed E-state index contributed by atoms with van der Waals surface area (Å²) in [6.45, 7) is 0. The first-order valence-electron chi connectivity index (χ1n) is 5.92. The van der Waals surface area contributed by atoms with Gasteiger partial charge in [-0.25, -0.2) is 0 Å². The quantitative estimate of drug-likeness (QED) is 0.792. The summed E-state index contributed by atoms with van der Waals surface area (Å²) in [7, 11) is 0. The van der Waals surface area contributed by atoms with E-state index in [2.05, 4.69) is 27.3 Å². The number of halogens is 3. The molecule has 1 aliphatic rings. The van der Waals surface area contributed by atoms with E-state index < -0.39 is 0 Å². The Bertz CT molecular complexity index is 461. The molecule has 1 aliphatic carbocycles. The molecule has 0 bridgehead atoms. The SMILES string of the molecule is N#CC1CCCCC1Nc1c(Cl)cc(Br)cc1Cl. The van der Waals surface area contributed by atoms with Gasteiger partial charge in [0, 0.05) is 10.5 Å². The summed E-state index contributed by atoms with van der Waals surface area (Å²) in [5, 5.41) is 13.7. The van der Waals surface area contributed by atoms with Crippen LogP contribution in [-0.4, -0.2) is 6.04 Å². The van der Waals surface area contributed by atoms with E-state index in [0.717, 1.165) is 35.8 Å². The molecule has 1 aromatic rings. The van der Waals surface area contributed by atoms with Crippen LogP contribution in [-0.2, 0) is 0 Å². The molecule has 0 heterocycles. The zero-order chi connectivity index (χ0) is 13.1. The molecule has 1 N–H and O–H groups in total. The molecule has 2 atom stereocenters. The van der Waals surface area contributed by atoms with Crippen LogP contribution in [0.3, 0.4) is 0 Å². The molecule has 0 spiro atoms. The maximum atomic E-state index is 9.16. The van der Waals surface area contributed by atoms with Gasteiger partial charge in [0.15, 0.2) is 0 Å². The minimum Gasteiger partial charge on any atom is -0.379 e. The van der Waals surface area contributed by atoms with Gasteiger partial charge in [0.1, 0.15) is 0 Å². The van der Waals surface area contributed by atoms with Crippen LogP contribution in [0.15, 0.2) is 16.6 Å². The molecule has 0 amide bonds. The minimum absolute atomic E-state index is 0.0366. The van der Waals surface area contributed by atoms with Crippen LogP contribution in [0.25, 0.3) is 0 Å². The molecule has 96 valence electrons. The van der Waals surface area contributed by atoms with E-state index in [1.54, 1.807) is 12.1 Å². The topological polar surface area (TPSA) is 35.8 Å². The van der Waals surface area contributed by atoms with Crippen LogP contribution in [0.1, 0.15) is 25.7 Å². The number of anilines is 1. The van der Waals surface area contributed by atoms with E-state index in [9.17, 15) is 0 Å². The van der Waals surface area contributed by atoms with Gasteiger partial charge < -0.3 is 5.32 Å². The molecule has 0 saturated heterocycles. The molecule has 0 aromatic heterocycles. The smallest absolute Gasteiger partial charge is 0.0722 e. The standard InChI is InChI=1S/C13H13BrCl2N2/c14-9-5-10(15)13(11(16)6-9)18-12-4-2-1-3-8(12)7-17/h5-6,8,12,18H,1-4H2. The molecule has 2 rings (SSSR count). The van der Waals surface area contributed by atoms with Gasteiger partial charge in [-0.3, -0.25) is 0 Å². The van der Waals surface area contributed by atoms with Crippen molar-refractivity contribution in [3.8, 4) is 6.07 Å². The van der Waals surface area contributed by atoms with E-state index in [1.807, 2.05) is 0 Å². The van der Waals surface area contributed by atoms with Crippen LogP contribution in [0.2, 0.25) is 10.0 Å². The van der Waals surface area contributed by atoms with Gasteiger partial charge in [-0.05, 0) is 25.0 Å². The second-order valence-electron chi connectivity index (χ2n) is 4.52. The number of hydrogen-bond acceptors (Lipinski definition) is 2. The van der Waals surface area contributed by atoms with E-state index in [-0.39, 0.29) is 12.0 Å². The van der Waals surface area contributed by atoms with E-state index in [1.165, 1.54) is 0 Å². The highest BCUT2D eigenvalue weighted by molar-refractivity contribution is 9.10. The predicted octanol–water partition coefficient (Wildman–Crippen LogP) is 5.25. The summed E-state index contributed by atoms with van der Waals surface area (Å²) in [6.07, 6.45) is 4.20. The highest BCUT2D eigenvalue weighted by Gasteiger charge is 2.26. The number of nitrogens with one attached hydrogen (secondary N) is 1. The minimum atomic E-state index is 0.0366. The summed E-state index contributed by atoms with van der Waals surface area (Å²) in [6, 6.07) is 6.12. The third-order valence-electron chi connectivity index (χ3n) is 3.27. The maximum absolute atomic E-state index is 9.16. The average Bonchev–Trinajstić information content (AvgIpc) is 2.34. The molecular formula is C13H13BrCl2N2. The van der Waals surface area contributed by atoms with Crippen molar-refractivity contribution in [1.82, 2.24) is 0 Å². The second kappa shape index (κ2) is 6.14. The summed E-state index contributed by atoms with van der Waals surface area (Å²) >= 11 is 15.7. The van der Waals surface area contributed by atoms with Gasteiger partial charge in [0.05, 0.1) is 27.7 Å². The Morgan fingerprint density at radius 2 is 1.83 bits per heavy atom. The van der Waals surface area contributed by atoms with Gasteiger partial charge in [0.25, 0.3) is 0 Å². The predicted molar refractivity (Wildman–Crippen MR) is 79.1 cm³/mol. The number of hydrogen-bond donors (Lipinski definition) is 1. The summed E-state index contributed by atoms with van der Waals surface area (Å²) in [4.78, 5) is 0. The normalized spacial score (nSPS) is 23.4. The summed E-state index contributed by atoms with van der Waals surface area (Å²) in [5.74, 6) is 0.0366. The lowest BCUT2D eigenvalue weighted by atomic mass is 9.85. The Labute approximate surface area is 125 Å². The molecule has 0 aliphatic heterocycles. The maximum Gasteiger partial charge on any atom is 0.0722 e. The fourth-order valence-electron chi connectivity index (χ4n) is 2.32. The average molecular weight is 348 g/mol. The molecular weight excluding hydrogens is 335 g/mol. The first-order valence-corrected chi connectivity index (χ1v) is 7.47. The lowest BCUT2D eigenvalue weighted by molar-refractivity contribution is 0.389. The fraction of sp³-hybridized carbons (Fsp3) is 0.462. The lowest BCUT2D eigenvalue weighted by Crippen LogP contribution is -2.31. The van der Waals surface area contributed by atoms with Gasteiger partial charge >= 0.3 is 0 Å². The van der Waals surface area contributed by atoms with Crippen LogP contribution in [0, 0.1) is 17.2 Å². The van der Waals surface area contributed by atoms with E-state index in [4.69, 9.17) is 28.5 Å². The number of nitrogens with zero attached hydrogens (tertiary/aromatic N) is 1. The first kappa shape index (κ1) is 14.0. The lowest BCUT2D eigenvalue weighted by Gasteiger charge is -2.29. The van der Waals surface area contributed by atoms with Crippen molar-refractivity contribution in [3.63, 3.8) is 0 Å². The fourth-order valence-corrected chi connectivity index (χ4v) is 3.64. The Morgan fingerprint density at radius 3 is 2.44 bits per heavy atom. The summed E-state index contributed by atoms with van der Waals surface area (Å²) < 4.78 is 0.850.